The number of hydrogen-bond donors (Lipinski definition) is 2. The van der Waals surface area contributed by atoms with E-state index in [1.807, 2.05) is 13.8 Å². The van der Waals surface area contributed by atoms with Gasteiger partial charge in [-0.1, -0.05) is 13.8 Å². The Hall–Kier alpha value is -2.11. The average Bonchev–Trinajstić information content (AvgIpc) is 2.74. The van der Waals surface area contributed by atoms with Gasteiger partial charge in [0.25, 0.3) is 5.91 Å². The zero-order valence-corrected chi connectivity index (χ0v) is 10.7. The number of allylic oxidation sites excluding steroid dienone is 1. The van der Waals surface area contributed by atoms with Gasteiger partial charge in [-0.2, -0.15) is 0 Å². The molecule has 0 aliphatic rings. The molecule has 0 fully saturated rings. The van der Waals surface area contributed by atoms with Crippen molar-refractivity contribution in [1.82, 2.24) is 10.3 Å². The van der Waals surface area contributed by atoms with Crippen molar-refractivity contribution >= 4 is 12.0 Å². The van der Waals surface area contributed by atoms with Crippen LogP contribution in [0.25, 0.3) is 6.08 Å². The molecule has 1 aromatic rings. The van der Waals surface area contributed by atoms with Crippen molar-refractivity contribution < 1.29 is 9.72 Å². The van der Waals surface area contributed by atoms with E-state index >= 15 is 0 Å². The highest BCUT2D eigenvalue weighted by Crippen LogP contribution is 2.09. The van der Waals surface area contributed by atoms with Gasteiger partial charge in [0.05, 0.1) is 4.92 Å². The number of H-pyrrole nitrogens is 1. The monoisotopic (exact) mass is 251 g/mol. The zero-order chi connectivity index (χ0) is 13.7. The predicted octanol–water partition coefficient (Wildman–Crippen LogP) is 2.04. The molecule has 18 heavy (non-hydrogen) atoms. The van der Waals surface area contributed by atoms with E-state index in [0.29, 0.717) is 23.7 Å². The Labute approximate surface area is 105 Å². The number of carbonyl (C=O) groups is 1. The first-order valence-electron chi connectivity index (χ1n) is 5.69. The first kappa shape index (κ1) is 14.0. The van der Waals surface area contributed by atoms with Crippen molar-refractivity contribution in [3.8, 4) is 0 Å². The van der Waals surface area contributed by atoms with E-state index in [2.05, 4.69) is 10.3 Å². The number of nitrogens with one attached hydrogen (secondary N) is 2. The third kappa shape index (κ3) is 4.04. The fourth-order valence-electron chi connectivity index (χ4n) is 1.31. The molecule has 1 rings (SSSR count). The molecule has 0 aliphatic carbocycles. The summed E-state index contributed by atoms with van der Waals surface area (Å²) >= 11 is 0. The van der Waals surface area contributed by atoms with Crippen LogP contribution in [0.4, 0.5) is 0 Å². The van der Waals surface area contributed by atoms with Gasteiger partial charge in [0, 0.05) is 25.7 Å². The lowest BCUT2D eigenvalue weighted by atomic mass is 10.2. The second-order valence-electron chi connectivity index (χ2n) is 4.49. The number of rotatable bonds is 5. The maximum atomic E-state index is 11.7. The quantitative estimate of drug-likeness (QED) is 0.620. The molecule has 0 saturated heterocycles. The minimum absolute atomic E-state index is 0.0307. The van der Waals surface area contributed by atoms with Crippen LogP contribution < -0.4 is 5.32 Å². The first-order valence-corrected chi connectivity index (χ1v) is 5.69. The molecule has 0 atom stereocenters. The molecule has 0 bridgehead atoms. The highest BCUT2D eigenvalue weighted by atomic mass is 16.6. The molecule has 2 N–H and O–H groups in total. The van der Waals surface area contributed by atoms with Gasteiger partial charge in [-0.05, 0) is 17.5 Å². The molecule has 0 unspecified atom stereocenters. The van der Waals surface area contributed by atoms with Crippen molar-refractivity contribution in [1.29, 1.82) is 0 Å². The summed E-state index contributed by atoms with van der Waals surface area (Å²) in [5.41, 5.74) is 1.04. The van der Waals surface area contributed by atoms with Crippen LogP contribution in [0.1, 0.15) is 36.8 Å². The normalized spacial score (nSPS) is 11.7. The van der Waals surface area contributed by atoms with Crippen LogP contribution in [0.15, 0.2) is 18.0 Å². The fraction of sp³-hybridized carbons (Fsp3) is 0.417. The van der Waals surface area contributed by atoms with Crippen LogP contribution >= 0.6 is 0 Å². The molecule has 1 amide bonds. The molecule has 98 valence electrons. The second kappa shape index (κ2) is 6.00. The molecule has 6 nitrogen and oxygen atoms in total. The summed E-state index contributed by atoms with van der Waals surface area (Å²) in [5, 5.41) is 13.2. The molecule has 0 aromatic carbocycles. The molecule has 0 aliphatic heterocycles. The van der Waals surface area contributed by atoms with Crippen LogP contribution in [0, 0.1) is 16.0 Å². The summed E-state index contributed by atoms with van der Waals surface area (Å²) in [4.78, 5) is 24.5. The van der Waals surface area contributed by atoms with Gasteiger partial charge in [-0.3, -0.25) is 14.9 Å². The fourth-order valence-corrected chi connectivity index (χ4v) is 1.31. The summed E-state index contributed by atoms with van der Waals surface area (Å²) < 4.78 is 0. The molecule has 0 saturated carbocycles. The van der Waals surface area contributed by atoms with Gasteiger partial charge in [-0.15, -0.1) is 0 Å². The number of nitrogens with zero attached hydrogens (tertiary/aromatic N) is 1. The minimum Gasteiger partial charge on any atom is -0.357 e. The maximum absolute atomic E-state index is 11.7. The Morgan fingerprint density at radius 2 is 2.28 bits per heavy atom. The van der Waals surface area contributed by atoms with Crippen LogP contribution in [0.3, 0.4) is 0 Å². The average molecular weight is 251 g/mol. The Balaban J connectivity index is 2.71. The van der Waals surface area contributed by atoms with Gasteiger partial charge in [-0.25, -0.2) is 0 Å². The van der Waals surface area contributed by atoms with E-state index in [1.165, 1.54) is 13.0 Å². The van der Waals surface area contributed by atoms with Crippen molar-refractivity contribution in [2.45, 2.75) is 20.8 Å². The molecule has 0 radical (unpaired) electrons. The van der Waals surface area contributed by atoms with Crippen LogP contribution in [0.2, 0.25) is 0 Å². The predicted molar refractivity (Wildman–Crippen MR) is 68.6 cm³/mol. The van der Waals surface area contributed by atoms with E-state index < -0.39 is 4.92 Å². The molecule has 1 heterocycles. The van der Waals surface area contributed by atoms with E-state index in [4.69, 9.17) is 0 Å². The SMILES string of the molecule is C/C(=C\c1c[nH]c(C(=O)NCC(C)C)c1)[N+](=O)[O-]. The van der Waals surface area contributed by atoms with Crippen molar-refractivity contribution in [3.05, 3.63) is 39.3 Å². The minimum atomic E-state index is -0.467. The summed E-state index contributed by atoms with van der Waals surface area (Å²) in [6.07, 6.45) is 2.98. The van der Waals surface area contributed by atoms with Gasteiger partial charge in [0.1, 0.15) is 5.69 Å². The standard InChI is InChI=1S/C12H17N3O3/c1-8(2)6-14-12(16)11-5-10(7-13-11)4-9(3)15(17)18/h4-5,7-8,13H,6H2,1-3H3,(H,14,16)/b9-4+. The van der Waals surface area contributed by atoms with Gasteiger partial charge < -0.3 is 10.3 Å². The third-order valence-electron chi connectivity index (χ3n) is 2.28. The molecule has 0 spiro atoms. The number of aromatic amines is 1. The van der Waals surface area contributed by atoms with E-state index in [0.717, 1.165) is 0 Å². The smallest absolute Gasteiger partial charge is 0.267 e. The summed E-state index contributed by atoms with van der Waals surface area (Å²) in [6.45, 7) is 6.01. The second-order valence-corrected chi connectivity index (χ2v) is 4.49. The number of hydrogen-bond acceptors (Lipinski definition) is 3. The third-order valence-corrected chi connectivity index (χ3v) is 2.28. The molecule has 6 heteroatoms. The van der Waals surface area contributed by atoms with E-state index in [1.54, 1.807) is 12.3 Å². The summed E-state index contributed by atoms with van der Waals surface area (Å²) in [5.74, 6) is 0.169. The Bertz CT molecular complexity index is 475. The highest BCUT2D eigenvalue weighted by Gasteiger charge is 2.09. The number of carbonyl (C=O) groups excluding carboxylic acids is 1. The van der Waals surface area contributed by atoms with Crippen molar-refractivity contribution in [3.63, 3.8) is 0 Å². The largest absolute Gasteiger partial charge is 0.357 e. The Morgan fingerprint density at radius 1 is 1.61 bits per heavy atom. The highest BCUT2D eigenvalue weighted by molar-refractivity contribution is 5.93. The number of aromatic nitrogens is 1. The van der Waals surface area contributed by atoms with E-state index in [9.17, 15) is 14.9 Å². The topological polar surface area (TPSA) is 88.0 Å². The molecule has 1 aromatic heterocycles. The lowest BCUT2D eigenvalue weighted by Crippen LogP contribution is -2.27. The van der Waals surface area contributed by atoms with Crippen LogP contribution in [0.5, 0.6) is 0 Å². The first-order chi connectivity index (χ1) is 8.40. The summed E-state index contributed by atoms with van der Waals surface area (Å²) in [6, 6.07) is 1.59. The van der Waals surface area contributed by atoms with Crippen molar-refractivity contribution in [2.75, 3.05) is 6.54 Å². The summed E-state index contributed by atoms with van der Waals surface area (Å²) in [7, 11) is 0. The van der Waals surface area contributed by atoms with Gasteiger partial charge in [0.15, 0.2) is 0 Å². The van der Waals surface area contributed by atoms with Gasteiger partial charge in [0.2, 0.25) is 5.70 Å². The maximum Gasteiger partial charge on any atom is 0.267 e. The Kier molecular flexibility index (Phi) is 4.65. The molecular weight excluding hydrogens is 234 g/mol. The number of nitro groups is 1. The zero-order valence-electron chi connectivity index (χ0n) is 10.7. The van der Waals surface area contributed by atoms with Crippen molar-refractivity contribution in [2.24, 2.45) is 5.92 Å². The van der Waals surface area contributed by atoms with Gasteiger partial charge >= 0.3 is 0 Å². The number of amides is 1. The molecular formula is C12H17N3O3. The lowest BCUT2D eigenvalue weighted by Gasteiger charge is -2.05. The van der Waals surface area contributed by atoms with Crippen LogP contribution in [-0.2, 0) is 0 Å². The Morgan fingerprint density at radius 3 is 2.83 bits per heavy atom. The van der Waals surface area contributed by atoms with E-state index in [-0.39, 0.29) is 11.6 Å². The lowest BCUT2D eigenvalue weighted by molar-refractivity contribution is -0.422. The van der Waals surface area contributed by atoms with Crippen LogP contribution in [-0.4, -0.2) is 22.4 Å².